The van der Waals surface area contributed by atoms with Gasteiger partial charge >= 0.3 is 0 Å². The minimum Gasteiger partial charge on any atom is -0.328 e. The quantitative estimate of drug-likeness (QED) is 0.805. The molecule has 2 aromatic rings. The van der Waals surface area contributed by atoms with Crippen LogP contribution in [0.3, 0.4) is 0 Å². The number of hydrogen-bond acceptors (Lipinski definition) is 2. The normalized spacial score (nSPS) is 13.8. The Morgan fingerprint density at radius 3 is 2.72 bits per heavy atom. The van der Waals surface area contributed by atoms with Crippen LogP contribution in [0.15, 0.2) is 42.6 Å². The third-order valence-electron chi connectivity index (χ3n) is 3.24. The fraction of sp³-hybridized carbons (Fsp3) is 0.200. The zero-order valence-electron chi connectivity index (χ0n) is 10.3. The minimum atomic E-state index is 0.0821. The van der Waals surface area contributed by atoms with Crippen molar-refractivity contribution in [3.8, 4) is 0 Å². The van der Waals surface area contributed by atoms with Crippen LogP contribution >= 0.6 is 0 Å². The zero-order chi connectivity index (χ0) is 12.5. The maximum Gasteiger partial charge on any atom is 0.256 e. The molecule has 1 aliphatic rings. The molecule has 0 radical (unpaired) electrons. The molecule has 2 heterocycles. The van der Waals surface area contributed by atoms with Gasteiger partial charge in [-0.05, 0) is 24.6 Å². The molecular formula is C15H14N2O. The number of aromatic nitrogens is 1. The third-order valence-corrected chi connectivity index (χ3v) is 3.24. The Morgan fingerprint density at radius 1 is 1.22 bits per heavy atom. The maximum absolute atomic E-state index is 12.2. The van der Waals surface area contributed by atoms with Crippen LogP contribution in [0.5, 0.6) is 0 Å². The molecular weight excluding hydrogens is 224 g/mol. The van der Waals surface area contributed by atoms with E-state index in [1.807, 2.05) is 17.0 Å². The van der Waals surface area contributed by atoms with Crippen molar-refractivity contribution in [2.75, 3.05) is 0 Å². The molecule has 0 bridgehead atoms. The van der Waals surface area contributed by atoms with Gasteiger partial charge in [0.1, 0.15) is 0 Å². The molecule has 0 N–H and O–H groups in total. The summed E-state index contributed by atoms with van der Waals surface area (Å²) in [6.07, 6.45) is 1.74. The summed E-state index contributed by atoms with van der Waals surface area (Å²) in [5.74, 6) is 0.0821. The number of carbonyl (C=O) groups is 1. The van der Waals surface area contributed by atoms with Gasteiger partial charge in [-0.1, -0.05) is 29.8 Å². The van der Waals surface area contributed by atoms with Gasteiger partial charge in [-0.25, -0.2) is 0 Å². The fourth-order valence-electron chi connectivity index (χ4n) is 2.22. The summed E-state index contributed by atoms with van der Waals surface area (Å²) >= 11 is 0. The number of pyridine rings is 1. The molecule has 0 fully saturated rings. The van der Waals surface area contributed by atoms with Crippen molar-refractivity contribution >= 4 is 5.91 Å². The number of hydrogen-bond donors (Lipinski definition) is 0. The van der Waals surface area contributed by atoms with Gasteiger partial charge in [0.05, 0.1) is 17.8 Å². The Kier molecular flexibility index (Phi) is 2.59. The van der Waals surface area contributed by atoms with Crippen molar-refractivity contribution in [3.63, 3.8) is 0 Å². The number of rotatable bonds is 2. The van der Waals surface area contributed by atoms with E-state index in [0.717, 1.165) is 16.8 Å². The molecule has 0 saturated carbocycles. The summed E-state index contributed by atoms with van der Waals surface area (Å²) in [6, 6.07) is 11.9. The molecule has 90 valence electrons. The van der Waals surface area contributed by atoms with E-state index in [4.69, 9.17) is 0 Å². The van der Waals surface area contributed by atoms with Crippen molar-refractivity contribution in [1.82, 2.24) is 9.88 Å². The number of nitrogens with zero attached hydrogens (tertiary/aromatic N) is 2. The molecule has 1 amide bonds. The van der Waals surface area contributed by atoms with Crippen molar-refractivity contribution < 1.29 is 4.79 Å². The molecule has 1 aliphatic heterocycles. The smallest absolute Gasteiger partial charge is 0.256 e. The van der Waals surface area contributed by atoms with Crippen LogP contribution in [0.2, 0.25) is 0 Å². The van der Waals surface area contributed by atoms with Crippen molar-refractivity contribution in [1.29, 1.82) is 0 Å². The Morgan fingerprint density at radius 2 is 2.00 bits per heavy atom. The molecule has 18 heavy (non-hydrogen) atoms. The first-order valence-electron chi connectivity index (χ1n) is 6.03. The summed E-state index contributed by atoms with van der Waals surface area (Å²) < 4.78 is 0. The molecule has 0 spiro atoms. The van der Waals surface area contributed by atoms with Gasteiger partial charge in [-0.3, -0.25) is 9.78 Å². The Labute approximate surface area is 106 Å². The summed E-state index contributed by atoms with van der Waals surface area (Å²) in [7, 11) is 0. The number of carbonyl (C=O) groups excluding carboxylic acids is 1. The highest BCUT2D eigenvalue weighted by molar-refractivity contribution is 5.97. The molecule has 1 aromatic heterocycles. The average Bonchev–Trinajstić information content (AvgIpc) is 2.70. The lowest BCUT2D eigenvalue weighted by atomic mass is 10.1. The van der Waals surface area contributed by atoms with E-state index in [9.17, 15) is 4.79 Å². The van der Waals surface area contributed by atoms with Crippen molar-refractivity contribution in [3.05, 3.63) is 65.0 Å². The molecule has 1 aromatic carbocycles. The topological polar surface area (TPSA) is 33.2 Å². The van der Waals surface area contributed by atoms with E-state index >= 15 is 0 Å². The lowest BCUT2D eigenvalue weighted by Gasteiger charge is -2.15. The number of amides is 1. The highest BCUT2D eigenvalue weighted by Crippen LogP contribution is 2.22. The third kappa shape index (κ3) is 1.88. The van der Waals surface area contributed by atoms with E-state index in [2.05, 4.69) is 36.2 Å². The van der Waals surface area contributed by atoms with E-state index < -0.39 is 0 Å². The molecule has 3 nitrogen and oxygen atoms in total. The van der Waals surface area contributed by atoms with Gasteiger partial charge in [0.2, 0.25) is 0 Å². The summed E-state index contributed by atoms with van der Waals surface area (Å²) in [6.45, 7) is 3.32. The largest absolute Gasteiger partial charge is 0.328 e. The second-order valence-electron chi connectivity index (χ2n) is 4.64. The van der Waals surface area contributed by atoms with Crippen molar-refractivity contribution in [2.45, 2.75) is 20.0 Å². The monoisotopic (exact) mass is 238 g/mol. The lowest BCUT2D eigenvalue weighted by molar-refractivity contribution is 0.0766. The van der Waals surface area contributed by atoms with Crippen LogP contribution in [0.1, 0.15) is 27.2 Å². The first-order chi connectivity index (χ1) is 8.74. The summed E-state index contributed by atoms with van der Waals surface area (Å²) in [4.78, 5) is 18.2. The van der Waals surface area contributed by atoms with Gasteiger partial charge in [0, 0.05) is 12.7 Å². The highest BCUT2D eigenvalue weighted by Gasteiger charge is 2.27. The zero-order valence-corrected chi connectivity index (χ0v) is 10.3. The van der Waals surface area contributed by atoms with E-state index in [1.165, 1.54) is 5.56 Å². The number of fused-ring (bicyclic) bond motifs is 1. The van der Waals surface area contributed by atoms with Gasteiger partial charge in [0.25, 0.3) is 5.91 Å². The van der Waals surface area contributed by atoms with Crippen molar-refractivity contribution in [2.24, 2.45) is 0 Å². The molecule has 3 heteroatoms. The maximum atomic E-state index is 12.2. The predicted octanol–water partition coefficient (Wildman–Crippen LogP) is 2.55. The molecule has 0 saturated heterocycles. The van der Waals surface area contributed by atoms with Crippen LogP contribution in [-0.4, -0.2) is 15.8 Å². The SMILES string of the molecule is Cc1ccc(CN2Cc3ncccc3C2=O)cc1. The van der Waals surface area contributed by atoms with Crippen LogP contribution < -0.4 is 0 Å². The van der Waals surface area contributed by atoms with E-state index in [-0.39, 0.29) is 5.91 Å². The van der Waals surface area contributed by atoms with Crippen LogP contribution in [0.4, 0.5) is 0 Å². The fourth-order valence-corrected chi connectivity index (χ4v) is 2.22. The van der Waals surface area contributed by atoms with Crippen LogP contribution in [0, 0.1) is 6.92 Å². The lowest BCUT2D eigenvalue weighted by Crippen LogP contribution is -2.23. The average molecular weight is 238 g/mol. The molecule has 0 aliphatic carbocycles. The predicted molar refractivity (Wildman–Crippen MR) is 69.0 cm³/mol. The summed E-state index contributed by atoms with van der Waals surface area (Å²) in [5, 5.41) is 0. The minimum absolute atomic E-state index is 0.0821. The second-order valence-corrected chi connectivity index (χ2v) is 4.64. The molecule has 0 unspecified atom stereocenters. The van der Waals surface area contributed by atoms with Gasteiger partial charge < -0.3 is 4.90 Å². The Hall–Kier alpha value is -2.16. The Balaban J connectivity index is 1.81. The van der Waals surface area contributed by atoms with Crippen LogP contribution in [0.25, 0.3) is 0 Å². The Bertz CT molecular complexity index is 590. The molecule has 0 atom stereocenters. The number of benzene rings is 1. The van der Waals surface area contributed by atoms with Crippen LogP contribution in [-0.2, 0) is 13.1 Å². The first-order valence-corrected chi connectivity index (χ1v) is 6.03. The van der Waals surface area contributed by atoms with E-state index in [1.54, 1.807) is 6.20 Å². The highest BCUT2D eigenvalue weighted by atomic mass is 16.2. The van der Waals surface area contributed by atoms with Gasteiger partial charge in [-0.15, -0.1) is 0 Å². The summed E-state index contributed by atoms with van der Waals surface area (Å²) in [5.41, 5.74) is 4.01. The van der Waals surface area contributed by atoms with Gasteiger partial charge in [-0.2, -0.15) is 0 Å². The number of aryl methyl sites for hydroxylation is 1. The standard InChI is InChI=1S/C15H14N2O/c1-11-4-6-12(7-5-11)9-17-10-14-13(15(17)18)3-2-8-16-14/h2-8H,9-10H2,1H3. The second kappa shape index (κ2) is 4.26. The van der Waals surface area contributed by atoms with Gasteiger partial charge in [0.15, 0.2) is 0 Å². The molecule has 3 rings (SSSR count). The first kappa shape index (κ1) is 11.0. The van der Waals surface area contributed by atoms with E-state index in [0.29, 0.717) is 13.1 Å².